The minimum Gasteiger partial charge on any atom is -0.481 e. The molecular formula is C13H25NO3. The number of carboxylic acids is 1. The largest absolute Gasteiger partial charge is 0.481 e. The molecule has 0 spiro atoms. The number of rotatable bonds is 11. The van der Waals surface area contributed by atoms with Gasteiger partial charge < -0.3 is 10.4 Å². The van der Waals surface area contributed by atoms with E-state index in [1.165, 1.54) is 26.2 Å². The Morgan fingerprint density at radius 1 is 0.882 bits per heavy atom. The number of carbonyl (C=O) groups excluding carboxylic acids is 1. The molecule has 2 N–H and O–H groups in total. The molecule has 0 atom stereocenters. The lowest BCUT2D eigenvalue weighted by molar-refractivity contribution is -0.137. The van der Waals surface area contributed by atoms with Gasteiger partial charge in [-0.05, 0) is 12.8 Å². The Morgan fingerprint density at radius 3 is 1.82 bits per heavy atom. The fourth-order valence-corrected chi connectivity index (χ4v) is 1.73. The highest BCUT2D eigenvalue weighted by atomic mass is 16.4. The molecule has 0 radical (unpaired) electrons. The van der Waals surface area contributed by atoms with Gasteiger partial charge in [-0.3, -0.25) is 9.59 Å². The topological polar surface area (TPSA) is 66.4 Å². The van der Waals surface area contributed by atoms with Crippen LogP contribution in [0.5, 0.6) is 0 Å². The van der Waals surface area contributed by atoms with Crippen LogP contribution in [0.2, 0.25) is 0 Å². The zero-order valence-corrected chi connectivity index (χ0v) is 10.8. The monoisotopic (exact) mass is 243 g/mol. The van der Waals surface area contributed by atoms with Crippen molar-refractivity contribution in [3.63, 3.8) is 0 Å². The number of nitrogens with one attached hydrogen (secondary N) is 1. The third-order valence-corrected chi connectivity index (χ3v) is 2.69. The maximum atomic E-state index is 10.6. The molecule has 0 unspecified atom stereocenters. The van der Waals surface area contributed by atoms with Crippen molar-refractivity contribution in [2.45, 2.75) is 64.7 Å². The first kappa shape index (κ1) is 15.9. The Bertz CT molecular complexity index is 195. The standard InChI is InChI=1S/C13H25NO3/c1-12(15)14-11-9-7-5-3-2-4-6-8-10-13(16)17/h2-11H2,1H3,(H,14,15)(H,16,17). The van der Waals surface area contributed by atoms with Gasteiger partial charge in [0.15, 0.2) is 0 Å². The summed E-state index contributed by atoms with van der Waals surface area (Å²) < 4.78 is 0. The van der Waals surface area contributed by atoms with E-state index < -0.39 is 5.97 Å². The average Bonchev–Trinajstić information content (AvgIpc) is 2.25. The number of hydrogen-bond acceptors (Lipinski definition) is 2. The molecule has 0 heterocycles. The molecule has 0 rings (SSSR count). The smallest absolute Gasteiger partial charge is 0.303 e. The summed E-state index contributed by atoms with van der Waals surface area (Å²) in [5.41, 5.74) is 0. The van der Waals surface area contributed by atoms with E-state index in [1.807, 2.05) is 0 Å². The van der Waals surface area contributed by atoms with Crippen molar-refractivity contribution in [2.24, 2.45) is 0 Å². The Labute approximate surface area is 104 Å². The number of amides is 1. The zero-order valence-electron chi connectivity index (χ0n) is 10.8. The number of carboxylic acid groups (broad SMARTS) is 1. The van der Waals surface area contributed by atoms with E-state index in [0.29, 0.717) is 6.42 Å². The summed E-state index contributed by atoms with van der Waals surface area (Å²) in [6.45, 7) is 2.32. The van der Waals surface area contributed by atoms with E-state index >= 15 is 0 Å². The second kappa shape index (κ2) is 11.4. The molecule has 0 aliphatic heterocycles. The van der Waals surface area contributed by atoms with Crippen LogP contribution in [0, 0.1) is 0 Å². The SMILES string of the molecule is CC(=O)NCCCCCCCCCCC(=O)O. The lowest BCUT2D eigenvalue weighted by Gasteiger charge is -2.02. The fourth-order valence-electron chi connectivity index (χ4n) is 1.73. The molecule has 0 aromatic heterocycles. The summed E-state index contributed by atoms with van der Waals surface area (Å²) in [6.07, 6.45) is 9.10. The number of carbonyl (C=O) groups is 2. The minimum atomic E-state index is -0.692. The summed E-state index contributed by atoms with van der Waals surface area (Å²) in [5.74, 6) is -0.647. The van der Waals surface area contributed by atoms with Gasteiger partial charge in [0.1, 0.15) is 0 Å². The fraction of sp³-hybridized carbons (Fsp3) is 0.846. The number of aliphatic carboxylic acids is 1. The summed E-state index contributed by atoms with van der Waals surface area (Å²) in [5, 5.41) is 11.2. The van der Waals surface area contributed by atoms with Crippen LogP contribution in [-0.4, -0.2) is 23.5 Å². The van der Waals surface area contributed by atoms with Crippen LogP contribution in [0.4, 0.5) is 0 Å². The van der Waals surface area contributed by atoms with Crippen LogP contribution in [0.1, 0.15) is 64.7 Å². The third kappa shape index (κ3) is 14.9. The highest BCUT2D eigenvalue weighted by molar-refractivity contribution is 5.72. The van der Waals surface area contributed by atoms with Crippen LogP contribution in [0.15, 0.2) is 0 Å². The lowest BCUT2D eigenvalue weighted by Crippen LogP contribution is -2.20. The molecule has 0 saturated carbocycles. The van der Waals surface area contributed by atoms with Crippen LogP contribution in [0.25, 0.3) is 0 Å². The maximum absolute atomic E-state index is 10.6. The van der Waals surface area contributed by atoms with Crippen LogP contribution in [0.3, 0.4) is 0 Å². The Balaban J connectivity index is 2.98. The van der Waals surface area contributed by atoms with Crippen molar-refractivity contribution in [3.8, 4) is 0 Å². The van der Waals surface area contributed by atoms with Crippen molar-refractivity contribution in [1.82, 2.24) is 5.32 Å². The molecule has 17 heavy (non-hydrogen) atoms. The molecule has 0 aliphatic rings. The first-order valence-corrected chi connectivity index (χ1v) is 6.59. The van der Waals surface area contributed by atoms with Gasteiger partial charge >= 0.3 is 5.97 Å². The summed E-state index contributed by atoms with van der Waals surface area (Å²) in [4.78, 5) is 20.8. The van der Waals surface area contributed by atoms with Gasteiger partial charge in [0, 0.05) is 19.9 Å². The average molecular weight is 243 g/mol. The summed E-state index contributed by atoms with van der Waals surface area (Å²) >= 11 is 0. The van der Waals surface area contributed by atoms with Crippen molar-refractivity contribution in [3.05, 3.63) is 0 Å². The van der Waals surface area contributed by atoms with Crippen molar-refractivity contribution >= 4 is 11.9 Å². The summed E-state index contributed by atoms with van der Waals surface area (Å²) in [7, 11) is 0. The Morgan fingerprint density at radius 2 is 1.35 bits per heavy atom. The van der Waals surface area contributed by atoms with Gasteiger partial charge in [-0.25, -0.2) is 0 Å². The molecule has 4 nitrogen and oxygen atoms in total. The van der Waals surface area contributed by atoms with E-state index in [2.05, 4.69) is 5.32 Å². The molecule has 0 aromatic carbocycles. The third-order valence-electron chi connectivity index (χ3n) is 2.69. The second-order valence-electron chi connectivity index (χ2n) is 4.46. The highest BCUT2D eigenvalue weighted by Gasteiger charge is 1.96. The molecule has 0 aromatic rings. The van der Waals surface area contributed by atoms with Crippen LogP contribution < -0.4 is 5.32 Å². The molecule has 4 heteroatoms. The maximum Gasteiger partial charge on any atom is 0.303 e. The van der Waals surface area contributed by atoms with Gasteiger partial charge in [0.2, 0.25) is 5.91 Å². The van der Waals surface area contributed by atoms with Crippen LogP contribution in [-0.2, 0) is 9.59 Å². The van der Waals surface area contributed by atoms with Crippen LogP contribution >= 0.6 is 0 Å². The molecule has 100 valence electrons. The van der Waals surface area contributed by atoms with E-state index in [0.717, 1.165) is 38.6 Å². The normalized spacial score (nSPS) is 10.2. The summed E-state index contributed by atoms with van der Waals surface area (Å²) in [6, 6.07) is 0. The first-order valence-electron chi connectivity index (χ1n) is 6.59. The Kier molecular flexibility index (Phi) is 10.7. The predicted molar refractivity (Wildman–Crippen MR) is 67.9 cm³/mol. The van der Waals surface area contributed by atoms with Gasteiger partial charge in [-0.1, -0.05) is 38.5 Å². The lowest BCUT2D eigenvalue weighted by atomic mass is 10.1. The molecule has 0 aliphatic carbocycles. The molecule has 0 bridgehead atoms. The van der Waals surface area contributed by atoms with Crippen molar-refractivity contribution < 1.29 is 14.7 Å². The van der Waals surface area contributed by atoms with Crippen molar-refractivity contribution in [1.29, 1.82) is 0 Å². The van der Waals surface area contributed by atoms with E-state index in [-0.39, 0.29) is 5.91 Å². The molecule has 0 saturated heterocycles. The molecule has 0 fully saturated rings. The first-order chi connectivity index (χ1) is 8.13. The quantitative estimate of drug-likeness (QED) is 0.548. The van der Waals surface area contributed by atoms with E-state index in [9.17, 15) is 9.59 Å². The van der Waals surface area contributed by atoms with E-state index in [4.69, 9.17) is 5.11 Å². The minimum absolute atomic E-state index is 0.0448. The predicted octanol–water partition coefficient (Wildman–Crippen LogP) is 2.72. The zero-order chi connectivity index (χ0) is 12.9. The number of hydrogen-bond donors (Lipinski definition) is 2. The van der Waals surface area contributed by atoms with Gasteiger partial charge in [-0.15, -0.1) is 0 Å². The molecular weight excluding hydrogens is 218 g/mol. The van der Waals surface area contributed by atoms with Gasteiger partial charge in [0.25, 0.3) is 0 Å². The molecule has 1 amide bonds. The number of unbranched alkanes of at least 4 members (excludes halogenated alkanes) is 7. The second-order valence-corrected chi connectivity index (χ2v) is 4.46. The highest BCUT2D eigenvalue weighted by Crippen LogP contribution is 2.09. The Hall–Kier alpha value is -1.06. The van der Waals surface area contributed by atoms with Gasteiger partial charge in [-0.2, -0.15) is 0 Å². The van der Waals surface area contributed by atoms with E-state index in [1.54, 1.807) is 0 Å². The van der Waals surface area contributed by atoms with Crippen molar-refractivity contribution in [2.75, 3.05) is 6.54 Å². The van der Waals surface area contributed by atoms with Gasteiger partial charge in [0.05, 0.1) is 0 Å².